The molecule has 6 nitrogen and oxygen atoms in total. The summed E-state index contributed by atoms with van der Waals surface area (Å²) in [6.45, 7) is 1.82. The number of methoxy groups -OCH3 is 1. The fraction of sp³-hybridized carbons (Fsp3) is 0.227. The van der Waals surface area contributed by atoms with E-state index >= 15 is 0 Å². The average Bonchev–Trinajstić information content (AvgIpc) is 3.21. The maximum absolute atomic E-state index is 12.2. The molecule has 3 rings (SSSR count). The maximum atomic E-state index is 12.2. The van der Waals surface area contributed by atoms with Crippen molar-refractivity contribution < 1.29 is 23.8 Å². The van der Waals surface area contributed by atoms with Crippen molar-refractivity contribution in [2.75, 3.05) is 19.0 Å². The Bertz CT molecular complexity index is 930. The Balaban J connectivity index is 1.63. The van der Waals surface area contributed by atoms with Crippen molar-refractivity contribution in [3.05, 3.63) is 65.9 Å². The Kier molecular flexibility index (Phi) is 6.34. The van der Waals surface area contributed by atoms with Crippen LogP contribution in [0.5, 0.6) is 11.5 Å². The molecule has 0 aliphatic rings. The van der Waals surface area contributed by atoms with Gasteiger partial charge < -0.3 is 24.3 Å². The first-order valence-corrected chi connectivity index (χ1v) is 9.02. The van der Waals surface area contributed by atoms with Gasteiger partial charge in [-0.15, -0.1) is 0 Å². The van der Waals surface area contributed by atoms with Gasteiger partial charge in [-0.25, -0.2) is 0 Å². The minimum Gasteiger partial charge on any atom is -0.496 e. The third-order valence-electron chi connectivity index (χ3n) is 4.27. The Morgan fingerprint density at radius 2 is 1.89 bits per heavy atom. The molecule has 0 saturated carbocycles. The first kappa shape index (κ1) is 19.5. The second-order valence-corrected chi connectivity index (χ2v) is 6.17. The molecule has 1 aromatic heterocycles. The van der Waals surface area contributed by atoms with Gasteiger partial charge in [0.05, 0.1) is 12.7 Å². The molecule has 3 aromatic rings. The van der Waals surface area contributed by atoms with Crippen LogP contribution in [-0.4, -0.2) is 24.7 Å². The van der Waals surface area contributed by atoms with E-state index in [-0.39, 0.29) is 19.1 Å². The zero-order chi connectivity index (χ0) is 19.9. The van der Waals surface area contributed by atoms with Crippen LogP contribution in [0.1, 0.15) is 18.2 Å². The number of carbonyl (C=O) groups excluding carboxylic acids is 1. The summed E-state index contributed by atoms with van der Waals surface area (Å²) < 4.78 is 16.5. The van der Waals surface area contributed by atoms with Gasteiger partial charge in [0.2, 0.25) is 0 Å². The van der Waals surface area contributed by atoms with Crippen molar-refractivity contribution in [1.82, 2.24) is 0 Å². The summed E-state index contributed by atoms with van der Waals surface area (Å²) in [5.74, 6) is 1.98. The number of hydrogen-bond acceptors (Lipinski definition) is 5. The Morgan fingerprint density at radius 1 is 1.11 bits per heavy atom. The van der Waals surface area contributed by atoms with Crippen LogP contribution in [0.3, 0.4) is 0 Å². The highest BCUT2D eigenvalue weighted by Crippen LogP contribution is 2.33. The largest absolute Gasteiger partial charge is 0.496 e. The highest BCUT2D eigenvalue weighted by Gasteiger charge is 2.12. The minimum absolute atomic E-state index is 0.0897. The molecule has 0 unspecified atom stereocenters. The van der Waals surface area contributed by atoms with E-state index in [0.717, 1.165) is 12.0 Å². The molecular weight excluding hydrogens is 358 g/mol. The second-order valence-electron chi connectivity index (χ2n) is 6.17. The molecule has 2 N–H and O–H groups in total. The average molecular weight is 381 g/mol. The maximum Gasteiger partial charge on any atom is 0.262 e. The fourth-order valence-corrected chi connectivity index (χ4v) is 2.75. The molecule has 0 radical (unpaired) electrons. The standard InChI is InChI=1S/C22H23NO5/c1-3-15-4-7-17(8-5-15)27-14-22(25)23-16-6-10-19(21(12-16)26-2)20-11-9-18(13-24)28-20/h4-12,24H,3,13-14H2,1-2H3,(H,23,25). The number of rotatable bonds is 8. The first-order chi connectivity index (χ1) is 13.6. The van der Waals surface area contributed by atoms with E-state index in [1.54, 1.807) is 37.4 Å². The van der Waals surface area contributed by atoms with Gasteiger partial charge in [-0.3, -0.25) is 4.79 Å². The quantitative estimate of drug-likeness (QED) is 0.616. The van der Waals surface area contributed by atoms with E-state index in [1.807, 2.05) is 24.3 Å². The van der Waals surface area contributed by atoms with Crippen molar-refractivity contribution >= 4 is 11.6 Å². The highest BCUT2D eigenvalue weighted by molar-refractivity contribution is 5.92. The van der Waals surface area contributed by atoms with Crippen LogP contribution >= 0.6 is 0 Å². The van der Waals surface area contributed by atoms with Gasteiger partial charge in [-0.05, 0) is 48.4 Å². The SMILES string of the molecule is CCc1ccc(OCC(=O)Nc2ccc(-c3ccc(CO)o3)c(OC)c2)cc1. The molecule has 0 aliphatic carbocycles. The third-order valence-corrected chi connectivity index (χ3v) is 4.27. The van der Waals surface area contributed by atoms with E-state index < -0.39 is 0 Å². The van der Waals surface area contributed by atoms with Crippen LogP contribution in [0, 0.1) is 0 Å². The molecule has 1 heterocycles. The molecule has 28 heavy (non-hydrogen) atoms. The third kappa shape index (κ3) is 4.72. The number of carbonyl (C=O) groups is 1. The molecule has 0 saturated heterocycles. The number of benzene rings is 2. The molecule has 0 spiro atoms. The molecule has 0 fully saturated rings. The smallest absolute Gasteiger partial charge is 0.262 e. The van der Waals surface area contributed by atoms with Crippen LogP contribution in [0.2, 0.25) is 0 Å². The molecule has 0 aliphatic heterocycles. The molecule has 0 bridgehead atoms. The number of nitrogens with one attached hydrogen (secondary N) is 1. The van der Waals surface area contributed by atoms with Gasteiger partial charge in [0.1, 0.15) is 29.6 Å². The number of anilines is 1. The summed E-state index contributed by atoms with van der Waals surface area (Å²) in [5, 5.41) is 11.9. The normalized spacial score (nSPS) is 10.5. The summed E-state index contributed by atoms with van der Waals surface area (Å²) in [5.41, 5.74) is 2.53. The number of ether oxygens (including phenoxy) is 2. The van der Waals surface area contributed by atoms with Crippen molar-refractivity contribution in [2.45, 2.75) is 20.0 Å². The minimum atomic E-state index is -0.269. The molecular formula is C22H23NO5. The summed E-state index contributed by atoms with van der Waals surface area (Å²) in [6.07, 6.45) is 0.956. The number of hydrogen-bond donors (Lipinski definition) is 2. The number of amides is 1. The van der Waals surface area contributed by atoms with E-state index in [4.69, 9.17) is 19.0 Å². The van der Waals surface area contributed by atoms with E-state index in [0.29, 0.717) is 28.7 Å². The van der Waals surface area contributed by atoms with Crippen LogP contribution < -0.4 is 14.8 Å². The van der Waals surface area contributed by atoms with Gasteiger partial charge >= 0.3 is 0 Å². The molecule has 146 valence electrons. The first-order valence-electron chi connectivity index (χ1n) is 9.02. The fourth-order valence-electron chi connectivity index (χ4n) is 2.75. The lowest BCUT2D eigenvalue weighted by Crippen LogP contribution is -2.20. The van der Waals surface area contributed by atoms with Crippen LogP contribution in [0.15, 0.2) is 59.0 Å². The second kappa shape index (κ2) is 9.10. The van der Waals surface area contributed by atoms with Crippen molar-refractivity contribution in [2.24, 2.45) is 0 Å². The molecule has 2 aromatic carbocycles. The number of furan rings is 1. The van der Waals surface area contributed by atoms with E-state index in [9.17, 15) is 4.79 Å². The summed E-state index contributed by atoms with van der Waals surface area (Å²) in [6, 6.07) is 16.4. The number of aliphatic hydroxyl groups is 1. The lowest BCUT2D eigenvalue weighted by atomic mass is 10.1. The predicted molar refractivity (Wildman–Crippen MR) is 107 cm³/mol. The molecule has 0 atom stereocenters. The van der Waals surface area contributed by atoms with E-state index in [1.165, 1.54) is 5.56 Å². The van der Waals surface area contributed by atoms with Gasteiger partial charge in [0.15, 0.2) is 6.61 Å². The number of aliphatic hydroxyl groups excluding tert-OH is 1. The molecule has 6 heteroatoms. The monoisotopic (exact) mass is 381 g/mol. The lowest BCUT2D eigenvalue weighted by molar-refractivity contribution is -0.118. The zero-order valence-electron chi connectivity index (χ0n) is 15.9. The van der Waals surface area contributed by atoms with Crippen LogP contribution in [-0.2, 0) is 17.8 Å². The predicted octanol–water partition coefficient (Wildman–Crippen LogP) is 4.03. The Labute approximate surface area is 163 Å². The van der Waals surface area contributed by atoms with Crippen LogP contribution in [0.25, 0.3) is 11.3 Å². The highest BCUT2D eigenvalue weighted by atomic mass is 16.5. The molecule has 1 amide bonds. The van der Waals surface area contributed by atoms with Crippen molar-refractivity contribution in [3.63, 3.8) is 0 Å². The Morgan fingerprint density at radius 3 is 2.54 bits per heavy atom. The van der Waals surface area contributed by atoms with Gasteiger partial charge in [0.25, 0.3) is 5.91 Å². The van der Waals surface area contributed by atoms with Gasteiger partial charge in [-0.2, -0.15) is 0 Å². The summed E-state index contributed by atoms with van der Waals surface area (Å²) in [7, 11) is 1.55. The van der Waals surface area contributed by atoms with E-state index in [2.05, 4.69) is 12.2 Å². The van der Waals surface area contributed by atoms with Gasteiger partial charge in [0, 0.05) is 11.8 Å². The van der Waals surface area contributed by atoms with Crippen LogP contribution in [0.4, 0.5) is 5.69 Å². The number of aryl methyl sites for hydroxylation is 1. The summed E-state index contributed by atoms with van der Waals surface area (Å²) in [4.78, 5) is 12.2. The van der Waals surface area contributed by atoms with Crippen molar-refractivity contribution in [1.29, 1.82) is 0 Å². The topological polar surface area (TPSA) is 80.9 Å². The Hall–Kier alpha value is -3.25. The zero-order valence-corrected chi connectivity index (χ0v) is 15.9. The van der Waals surface area contributed by atoms with Crippen molar-refractivity contribution in [3.8, 4) is 22.8 Å². The lowest BCUT2D eigenvalue weighted by Gasteiger charge is -2.11. The van der Waals surface area contributed by atoms with Gasteiger partial charge in [-0.1, -0.05) is 19.1 Å². The summed E-state index contributed by atoms with van der Waals surface area (Å²) >= 11 is 0.